The summed E-state index contributed by atoms with van der Waals surface area (Å²) in [6.07, 6.45) is -7.71. The Bertz CT molecular complexity index is 217. The maximum atomic E-state index is 10.4. The van der Waals surface area contributed by atoms with Gasteiger partial charge in [0, 0.05) is 0 Å². The Morgan fingerprint density at radius 3 is 2.20 bits per heavy atom. The van der Waals surface area contributed by atoms with Crippen molar-refractivity contribution in [2.45, 2.75) is 24.4 Å². The van der Waals surface area contributed by atoms with E-state index in [1.165, 1.54) is 0 Å². The number of hydrogen-bond acceptors (Lipinski definition) is 7. The van der Waals surface area contributed by atoms with Crippen molar-refractivity contribution in [2.24, 2.45) is 0 Å². The minimum absolute atomic E-state index is 0.0226. The molecule has 8 heteroatoms. The van der Waals surface area contributed by atoms with E-state index in [0.717, 1.165) is 7.11 Å². The van der Waals surface area contributed by atoms with E-state index in [2.05, 4.69) is 9.78 Å². The number of carbonyl (C=O) groups is 2. The van der Waals surface area contributed by atoms with E-state index in [1.807, 2.05) is 0 Å². The van der Waals surface area contributed by atoms with Crippen LogP contribution in [0, 0.1) is 0 Å². The van der Waals surface area contributed by atoms with Gasteiger partial charge in [0.2, 0.25) is 0 Å². The van der Waals surface area contributed by atoms with Crippen LogP contribution in [0.2, 0.25) is 0 Å². The van der Waals surface area contributed by atoms with Gasteiger partial charge in [0.1, 0.15) is 12.2 Å². The van der Waals surface area contributed by atoms with Crippen molar-refractivity contribution in [1.82, 2.24) is 0 Å². The highest BCUT2D eigenvalue weighted by Crippen LogP contribution is 2.09. The van der Waals surface area contributed by atoms with Crippen LogP contribution in [-0.2, 0) is 19.4 Å². The van der Waals surface area contributed by atoms with Crippen molar-refractivity contribution in [3.8, 4) is 0 Å². The molecule has 0 saturated carbocycles. The Labute approximate surface area is 84.6 Å². The van der Waals surface area contributed by atoms with E-state index in [0.29, 0.717) is 0 Å². The summed E-state index contributed by atoms with van der Waals surface area (Å²) in [5.74, 6) is -1.69. The van der Waals surface area contributed by atoms with Crippen molar-refractivity contribution >= 4 is 12.3 Å². The van der Waals surface area contributed by atoms with Crippen LogP contribution in [0.1, 0.15) is 0 Å². The molecule has 0 aromatic heterocycles. The first kappa shape index (κ1) is 13.9. The summed E-state index contributed by atoms with van der Waals surface area (Å²) >= 11 is 0. The molecule has 0 saturated heterocycles. The maximum absolute atomic E-state index is 10.4. The molecule has 0 fully saturated rings. The Hall–Kier alpha value is -1.06. The monoisotopic (exact) mass is 224 g/mol. The third kappa shape index (κ3) is 3.90. The highest BCUT2D eigenvalue weighted by atomic mass is 17.2. The van der Waals surface area contributed by atoms with Crippen molar-refractivity contribution in [3.63, 3.8) is 0 Å². The molecule has 0 amide bonds. The molecule has 0 aliphatic carbocycles. The third-order valence-electron chi connectivity index (χ3n) is 1.60. The predicted octanol–water partition coefficient (Wildman–Crippen LogP) is -2.70. The number of aliphatic hydroxyl groups is 3. The van der Waals surface area contributed by atoms with Crippen LogP contribution in [0.25, 0.3) is 0 Å². The second-order valence-electron chi connectivity index (χ2n) is 2.63. The van der Waals surface area contributed by atoms with Gasteiger partial charge < -0.3 is 25.2 Å². The first-order chi connectivity index (χ1) is 6.95. The molecule has 0 rings (SSSR count). The van der Waals surface area contributed by atoms with E-state index in [-0.39, 0.29) is 6.29 Å². The molecular weight excluding hydrogens is 212 g/mol. The largest absolute Gasteiger partial charge is 0.479 e. The van der Waals surface area contributed by atoms with Crippen molar-refractivity contribution in [2.75, 3.05) is 7.11 Å². The van der Waals surface area contributed by atoms with Crippen LogP contribution in [0.15, 0.2) is 0 Å². The number of aliphatic carboxylic acids is 1. The van der Waals surface area contributed by atoms with Gasteiger partial charge in [0.25, 0.3) is 0 Å². The van der Waals surface area contributed by atoms with Crippen LogP contribution in [0.3, 0.4) is 0 Å². The lowest BCUT2D eigenvalue weighted by molar-refractivity contribution is -0.337. The van der Waals surface area contributed by atoms with Gasteiger partial charge in [-0.15, -0.1) is 0 Å². The molecule has 0 unspecified atom stereocenters. The zero-order valence-electron chi connectivity index (χ0n) is 7.81. The Morgan fingerprint density at radius 1 is 1.33 bits per heavy atom. The molecule has 0 spiro atoms. The first-order valence-electron chi connectivity index (χ1n) is 3.87. The predicted molar refractivity (Wildman–Crippen MR) is 43.6 cm³/mol. The standard InChI is InChI=1S/C7H12O8/c1-14-15-6(5(11)7(12)13)4(10)3(9)2-8/h2-6,9-11H,1H3,(H,12,13)/t3-,4+,5-,6-/m0/s1. The van der Waals surface area contributed by atoms with E-state index in [9.17, 15) is 14.7 Å². The quantitative estimate of drug-likeness (QED) is 0.208. The maximum Gasteiger partial charge on any atom is 0.335 e. The molecule has 4 N–H and O–H groups in total. The van der Waals surface area contributed by atoms with Gasteiger partial charge in [-0.2, -0.15) is 0 Å². The summed E-state index contributed by atoms with van der Waals surface area (Å²) in [6, 6.07) is 0. The average molecular weight is 224 g/mol. The van der Waals surface area contributed by atoms with E-state index in [1.54, 1.807) is 0 Å². The highest BCUT2D eigenvalue weighted by molar-refractivity contribution is 5.73. The van der Waals surface area contributed by atoms with E-state index < -0.39 is 30.4 Å². The molecule has 8 nitrogen and oxygen atoms in total. The lowest BCUT2D eigenvalue weighted by Gasteiger charge is -2.24. The fourth-order valence-electron chi connectivity index (χ4n) is 0.823. The summed E-state index contributed by atoms with van der Waals surface area (Å²) in [7, 11) is 1.02. The molecule has 4 atom stereocenters. The lowest BCUT2D eigenvalue weighted by Crippen LogP contribution is -2.49. The topological polar surface area (TPSA) is 134 Å². The molecule has 0 radical (unpaired) electrons. The van der Waals surface area contributed by atoms with E-state index in [4.69, 9.17) is 15.3 Å². The number of aldehydes is 1. The van der Waals surface area contributed by atoms with E-state index >= 15 is 0 Å². The summed E-state index contributed by atoms with van der Waals surface area (Å²) in [5, 5.41) is 35.6. The number of rotatable bonds is 7. The molecule has 0 heterocycles. The van der Waals surface area contributed by atoms with Crippen LogP contribution >= 0.6 is 0 Å². The van der Waals surface area contributed by atoms with Crippen molar-refractivity contribution < 1.29 is 39.8 Å². The number of carbonyl (C=O) groups excluding carboxylic acids is 1. The van der Waals surface area contributed by atoms with Gasteiger partial charge in [-0.25, -0.2) is 14.6 Å². The normalized spacial score (nSPS) is 18.9. The molecule has 0 aliphatic heterocycles. The van der Waals surface area contributed by atoms with Gasteiger partial charge in [0.15, 0.2) is 18.5 Å². The molecule has 0 aliphatic rings. The molecule has 0 bridgehead atoms. The fraction of sp³-hybridized carbons (Fsp3) is 0.714. The van der Waals surface area contributed by atoms with Gasteiger partial charge in [-0.1, -0.05) is 0 Å². The van der Waals surface area contributed by atoms with Crippen molar-refractivity contribution in [3.05, 3.63) is 0 Å². The molecule has 0 aromatic carbocycles. The Morgan fingerprint density at radius 2 is 1.87 bits per heavy atom. The van der Waals surface area contributed by atoms with Gasteiger partial charge in [-0.05, 0) is 0 Å². The number of aliphatic hydroxyl groups excluding tert-OH is 3. The minimum atomic E-state index is -2.13. The number of carboxylic acids is 1. The molecule has 15 heavy (non-hydrogen) atoms. The Balaban J connectivity index is 4.63. The highest BCUT2D eigenvalue weighted by Gasteiger charge is 2.37. The van der Waals surface area contributed by atoms with Gasteiger partial charge >= 0.3 is 5.97 Å². The fourth-order valence-corrected chi connectivity index (χ4v) is 0.823. The second-order valence-corrected chi connectivity index (χ2v) is 2.63. The van der Waals surface area contributed by atoms with Gasteiger partial charge in [-0.3, -0.25) is 0 Å². The van der Waals surface area contributed by atoms with Crippen LogP contribution in [0.5, 0.6) is 0 Å². The zero-order chi connectivity index (χ0) is 12.0. The minimum Gasteiger partial charge on any atom is -0.479 e. The molecule has 88 valence electrons. The first-order valence-corrected chi connectivity index (χ1v) is 3.87. The molecule has 0 aromatic rings. The van der Waals surface area contributed by atoms with Crippen LogP contribution in [-0.4, -0.2) is 64.2 Å². The summed E-state index contributed by atoms with van der Waals surface area (Å²) < 4.78 is 0. The Kier molecular flexibility index (Phi) is 5.97. The van der Waals surface area contributed by atoms with Crippen molar-refractivity contribution in [1.29, 1.82) is 0 Å². The number of carboxylic acid groups (broad SMARTS) is 1. The molecular formula is C7H12O8. The lowest BCUT2D eigenvalue weighted by atomic mass is 10.0. The SMILES string of the molecule is COO[C@@H]([C@H](O)[C@@H](O)C=O)[C@H](O)C(=O)O. The summed E-state index contributed by atoms with van der Waals surface area (Å²) in [6.45, 7) is 0. The van der Waals surface area contributed by atoms with Crippen LogP contribution < -0.4 is 0 Å². The summed E-state index contributed by atoms with van der Waals surface area (Å²) in [4.78, 5) is 28.8. The smallest absolute Gasteiger partial charge is 0.335 e. The third-order valence-corrected chi connectivity index (χ3v) is 1.60. The average Bonchev–Trinajstić information content (AvgIpc) is 2.22. The van der Waals surface area contributed by atoms with Gasteiger partial charge in [0.05, 0.1) is 7.11 Å². The number of hydrogen-bond donors (Lipinski definition) is 4. The van der Waals surface area contributed by atoms with Crippen LogP contribution in [0.4, 0.5) is 0 Å². The second kappa shape index (κ2) is 6.43. The zero-order valence-corrected chi connectivity index (χ0v) is 7.81. The summed E-state index contributed by atoms with van der Waals surface area (Å²) in [5.41, 5.74) is 0.